The van der Waals surface area contributed by atoms with Crippen LogP contribution in [-0.2, 0) is 0 Å². The topological polar surface area (TPSA) is 68.9 Å². The summed E-state index contributed by atoms with van der Waals surface area (Å²) < 4.78 is 0. The molecule has 0 aliphatic heterocycles. The zero-order valence-electron chi connectivity index (χ0n) is 7.70. The van der Waals surface area contributed by atoms with E-state index in [9.17, 15) is 10.1 Å². The van der Waals surface area contributed by atoms with Crippen molar-refractivity contribution in [2.24, 2.45) is 0 Å². The van der Waals surface area contributed by atoms with Gasteiger partial charge in [-0.25, -0.2) is 0 Å². The number of nitrogens with zero attached hydrogens (tertiary/aromatic N) is 3. The second-order valence-corrected chi connectivity index (χ2v) is 2.90. The summed E-state index contributed by atoms with van der Waals surface area (Å²) in [5.41, 5.74) is 1.35. The summed E-state index contributed by atoms with van der Waals surface area (Å²) in [5, 5.41) is 10.5. The molecule has 0 N–H and O–H groups in total. The van der Waals surface area contributed by atoms with Gasteiger partial charge in [-0.15, -0.1) is 0 Å². The van der Waals surface area contributed by atoms with Crippen molar-refractivity contribution in [3.8, 4) is 11.3 Å². The lowest BCUT2D eigenvalue weighted by Gasteiger charge is -1.98. The predicted octanol–water partition coefficient (Wildman–Crippen LogP) is 2.05. The molecule has 0 bridgehead atoms. The fourth-order valence-electron chi connectivity index (χ4n) is 1.21. The molecule has 2 aromatic heterocycles. The third kappa shape index (κ3) is 1.96. The molecule has 0 atom stereocenters. The van der Waals surface area contributed by atoms with E-state index in [1.807, 2.05) is 0 Å². The zero-order chi connectivity index (χ0) is 10.7. The van der Waals surface area contributed by atoms with Gasteiger partial charge < -0.3 is 0 Å². The predicted molar refractivity (Wildman–Crippen MR) is 54.1 cm³/mol. The molecule has 2 aromatic rings. The van der Waals surface area contributed by atoms with Crippen molar-refractivity contribution < 1.29 is 4.92 Å². The number of aromatic nitrogens is 2. The van der Waals surface area contributed by atoms with Crippen LogP contribution in [0.15, 0.2) is 42.9 Å². The lowest BCUT2D eigenvalue weighted by molar-refractivity contribution is -0.384. The highest BCUT2D eigenvalue weighted by Gasteiger charge is 2.07. The van der Waals surface area contributed by atoms with Crippen LogP contribution in [0.2, 0.25) is 0 Å². The average Bonchev–Trinajstić information content (AvgIpc) is 2.30. The molecule has 2 rings (SSSR count). The Morgan fingerprint density at radius 1 is 1.27 bits per heavy atom. The van der Waals surface area contributed by atoms with Crippen LogP contribution in [0.5, 0.6) is 0 Å². The van der Waals surface area contributed by atoms with Gasteiger partial charge in [0.2, 0.25) is 0 Å². The summed E-state index contributed by atoms with van der Waals surface area (Å²) in [6.45, 7) is 0. The van der Waals surface area contributed by atoms with Crippen LogP contribution in [0, 0.1) is 10.1 Å². The second kappa shape index (κ2) is 3.83. The molecule has 2 heterocycles. The molecular formula is C10H7N3O2. The zero-order valence-corrected chi connectivity index (χ0v) is 7.70. The molecule has 15 heavy (non-hydrogen) atoms. The first-order chi connectivity index (χ1) is 7.27. The molecule has 0 saturated heterocycles. The number of rotatable bonds is 2. The third-order valence-electron chi connectivity index (χ3n) is 1.91. The molecule has 74 valence electrons. The van der Waals surface area contributed by atoms with Gasteiger partial charge in [0.1, 0.15) is 0 Å². The fraction of sp³-hybridized carbons (Fsp3) is 0. The second-order valence-electron chi connectivity index (χ2n) is 2.90. The van der Waals surface area contributed by atoms with E-state index in [-0.39, 0.29) is 5.69 Å². The van der Waals surface area contributed by atoms with Gasteiger partial charge in [0.25, 0.3) is 5.69 Å². The maximum absolute atomic E-state index is 10.5. The molecule has 0 unspecified atom stereocenters. The Labute approximate surface area is 85.6 Å². The van der Waals surface area contributed by atoms with E-state index in [2.05, 4.69) is 9.97 Å². The maximum Gasteiger partial charge on any atom is 0.273 e. The highest BCUT2D eigenvalue weighted by Crippen LogP contribution is 2.19. The number of nitro groups is 1. The van der Waals surface area contributed by atoms with E-state index >= 15 is 0 Å². The van der Waals surface area contributed by atoms with Gasteiger partial charge in [-0.1, -0.05) is 0 Å². The lowest BCUT2D eigenvalue weighted by Crippen LogP contribution is -1.90. The van der Waals surface area contributed by atoms with Crippen LogP contribution >= 0.6 is 0 Å². The molecule has 0 aliphatic rings. The van der Waals surface area contributed by atoms with Crippen LogP contribution in [0.25, 0.3) is 11.3 Å². The van der Waals surface area contributed by atoms with Gasteiger partial charge in [0.15, 0.2) is 0 Å². The van der Waals surface area contributed by atoms with Crippen molar-refractivity contribution in [3.05, 3.63) is 53.0 Å². The van der Waals surface area contributed by atoms with Crippen molar-refractivity contribution in [3.63, 3.8) is 0 Å². The highest BCUT2D eigenvalue weighted by atomic mass is 16.6. The molecule has 0 spiro atoms. The first kappa shape index (κ1) is 9.26. The fourth-order valence-corrected chi connectivity index (χ4v) is 1.21. The van der Waals surface area contributed by atoms with Crippen molar-refractivity contribution in [2.75, 3.05) is 0 Å². The van der Waals surface area contributed by atoms with Crippen molar-refractivity contribution in [1.82, 2.24) is 9.97 Å². The van der Waals surface area contributed by atoms with E-state index in [0.717, 1.165) is 5.56 Å². The summed E-state index contributed by atoms with van der Waals surface area (Å²) in [6, 6.07) is 6.35. The molecule has 5 nitrogen and oxygen atoms in total. The van der Waals surface area contributed by atoms with Crippen LogP contribution in [0.4, 0.5) is 5.69 Å². The summed E-state index contributed by atoms with van der Waals surface area (Å²) >= 11 is 0. The van der Waals surface area contributed by atoms with Gasteiger partial charge in [0, 0.05) is 36.3 Å². The largest absolute Gasteiger partial charge is 0.273 e. The molecule has 0 radical (unpaired) electrons. The Hall–Kier alpha value is -2.30. The Morgan fingerprint density at radius 3 is 2.80 bits per heavy atom. The Morgan fingerprint density at radius 2 is 2.13 bits per heavy atom. The SMILES string of the molecule is O=[N+]([O-])c1ccnc(-c2cccnc2)c1. The third-order valence-corrected chi connectivity index (χ3v) is 1.91. The molecule has 0 fully saturated rings. The van der Waals surface area contributed by atoms with Crippen molar-refractivity contribution in [1.29, 1.82) is 0 Å². The van der Waals surface area contributed by atoms with Crippen molar-refractivity contribution >= 4 is 5.69 Å². The van der Waals surface area contributed by atoms with Crippen molar-refractivity contribution in [2.45, 2.75) is 0 Å². The van der Waals surface area contributed by atoms with Gasteiger partial charge in [-0.3, -0.25) is 20.1 Å². The minimum Gasteiger partial charge on any atom is -0.264 e. The highest BCUT2D eigenvalue weighted by molar-refractivity contribution is 5.60. The normalized spacial score (nSPS) is 9.87. The number of hydrogen-bond acceptors (Lipinski definition) is 4. The Kier molecular flexibility index (Phi) is 2.37. The minimum atomic E-state index is -0.443. The Balaban J connectivity index is 2.46. The van der Waals surface area contributed by atoms with Crippen LogP contribution < -0.4 is 0 Å². The number of pyridine rings is 2. The molecule has 0 aliphatic carbocycles. The van der Waals surface area contributed by atoms with Crippen LogP contribution in [0.1, 0.15) is 0 Å². The Bertz CT molecular complexity index is 485. The molecular weight excluding hydrogens is 194 g/mol. The van der Waals surface area contributed by atoms with E-state index in [4.69, 9.17) is 0 Å². The molecule has 5 heteroatoms. The average molecular weight is 201 g/mol. The molecule has 0 aromatic carbocycles. The summed E-state index contributed by atoms with van der Waals surface area (Å²) in [4.78, 5) is 18.1. The smallest absolute Gasteiger partial charge is 0.264 e. The summed E-state index contributed by atoms with van der Waals surface area (Å²) in [6.07, 6.45) is 4.67. The van der Waals surface area contributed by atoms with E-state index < -0.39 is 4.92 Å². The van der Waals surface area contributed by atoms with E-state index in [0.29, 0.717) is 5.69 Å². The maximum atomic E-state index is 10.5. The summed E-state index contributed by atoms with van der Waals surface area (Å²) in [5.74, 6) is 0. The molecule has 0 saturated carbocycles. The lowest BCUT2D eigenvalue weighted by atomic mass is 10.2. The standard InChI is InChI=1S/C10H7N3O2/c14-13(15)9-3-5-12-10(6-9)8-2-1-4-11-7-8/h1-7H. The first-order valence-electron chi connectivity index (χ1n) is 4.28. The monoisotopic (exact) mass is 201 g/mol. The van der Waals surface area contributed by atoms with E-state index in [1.165, 1.54) is 18.3 Å². The minimum absolute atomic E-state index is 0.0313. The van der Waals surface area contributed by atoms with Crippen LogP contribution in [-0.4, -0.2) is 14.9 Å². The van der Waals surface area contributed by atoms with Gasteiger partial charge in [-0.2, -0.15) is 0 Å². The number of hydrogen-bond donors (Lipinski definition) is 0. The molecule has 0 amide bonds. The van der Waals surface area contributed by atoms with Gasteiger partial charge >= 0.3 is 0 Å². The van der Waals surface area contributed by atoms with Gasteiger partial charge in [0.05, 0.1) is 10.6 Å². The van der Waals surface area contributed by atoms with Crippen LogP contribution in [0.3, 0.4) is 0 Å². The quantitative estimate of drug-likeness (QED) is 0.550. The van der Waals surface area contributed by atoms with Gasteiger partial charge in [-0.05, 0) is 12.1 Å². The van der Waals surface area contributed by atoms with E-state index in [1.54, 1.807) is 24.5 Å². The summed E-state index contributed by atoms with van der Waals surface area (Å²) in [7, 11) is 0. The first-order valence-corrected chi connectivity index (χ1v) is 4.28.